The lowest BCUT2D eigenvalue weighted by Crippen LogP contribution is -2.51. The molecule has 1 N–H and O–H groups in total. The van der Waals surface area contributed by atoms with Crippen molar-refractivity contribution in [1.29, 1.82) is 0 Å². The third-order valence-electron chi connectivity index (χ3n) is 5.01. The number of aryl methyl sites for hydroxylation is 1. The van der Waals surface area contributed by atoms with E-state index < -0.39 is 28.5 Å². The van der Waals surface area contributed by atoms with E-state index in [1.807, 2.05) is 38.1 Å². The number of nitrogens with zero attached hydrogens (tertiary/aromatic N) is 2. The monoisotopic (exact) mass is 465 g/mol. The maximum Gasteiger partial charge on any atom is 0.244 e. The summed E-state index contributed by atoms with van der Waals surface area (Å²) in [5.74, 6) is -0.790. The molecule has 0 fully saturated rings. The molecule has 0 bridgehead atoms. The molecule has 0 aliphatic heterocycles. The third-order valence-corrected chi connectivity index (χ3v) is 6.39. The molecule has 0 aromatic heterocycles. The number of carbonyl (C=O) groups is 2. The van der Waals surface area contributed by atoms with Crippen LogP contribution in [-0.4, -0.2) is 51.0 Å². The summed E-state index contributed by atoms with van der Waals surface area (Å²) in [6, 6.07) is 13.1. The van der Waals surface area contributed by atoms with Crippen molar-refractivity contribution in [2.45, 2.75) is 32.9 Å². The molecule has 0 saturated carbocycles. The molecule has 2 aromatic rings. The minimum absolute atomic E-state index is 0.185. The number of rotatable bonds is 9. The van der Waals surface area contributed by atoms with Gasteiger partial charge in [-0.2, -0.15) is 0 Å². The van der Waals surface area contributed by atoms with Crippen molar-refractivity contribution in [2.24, 2.45) is 0 Å². The van der Waals surface area contributed by atoms with Gasteiger partial charge in [0.2, 0.25) is 21.8 Å². The summed E-state index contributed by atoms with van der Waals surface area (Å²) in [7, 11) is -2.27. The summed E-state index contributed by atoms with van der Waals surface area (Å²) < 4.78 is 26.0. The molecule has 0 aliphatic rings. The standard InChI is InChI=1S/C22H28ClN3O4S/c1-5-20(22(28)24-3)25(14-17-10-7-6-9-16(17)2)21(27)15-26(31(4,29)30)19-12-8-11-18(23)13-19/h6-13,20H,5,14-15H2,1-4H3,(H,24,28)/t20-/m1/s1. The minimum atomic E-state index is -3.78. The second kappa shape index (κ2) is 10.6. The van der Waals surface area contributed by atoms with Gasteiger partial charge in [-0.15, -0.1) is 0 Å². The Kier molecular flexibility index (Phi) is 8.47. The van der Waals surface area contributed by atoms with Gasteiger partial charge in [0.25, 0.3) is 0 Å². The quantitative estimate of drug-likeness (QED) is 0.616. The van der Waals surface area contributed by atoms with Gasteiger partial charge in [0.05, 0.1) is 11.9 Å². The van der Waals surface area contributed by atoms with E-state index in [1.54, 1.807) is 18.2 Å². The molecule has 0 saturated heterocycles. The molecule has 0 spiro atoms. The molecule has 168 valence electrons. The number of hydrogen-bond acceptors (Lipinski definition) is 4. The molecular formula is C22H28ClN3O4S. The largest absolute Gasteiger partial charge is 0.357 e. The van der Waals surface area contributed by atoms with Gasteiger partial charge in [-0.25, -0.2) is 8.42 Å². The fraction of sp³-hybridized carbons (Fsp3) is 0.364. The Morgan fingerprint density at radius 1 is 1.13 bits per heavy atom. The molecule has 7 nitrogen and oxygen atoms in total. The van der Waals surface area contributed by atoms with Gasteiger partial charge >= 0.3 is 0 Å². The van der Waals surface area contributed by atoms with Crippen LogP contribution in [0.25, 0.3) is 0 Å². The van der Waals surface area contributed by atoms with E-state index in [1.165, 1.54) is 18.0 Å². The first-order valence-electron chi connectivity index (χ1n) is 9.87. The van der Waals surface area contributed by atoms with E-state index in [9.17, 15) is 18.0 Å². The van der Waals surface area contributed by atoms with Crippen LogP contribution in [0.15, 0.2) is 48.5 Å². The summed E-state index contributed by atoms with van der Waals surface area (Å²) in [5.41, 5.74) is 2.14. The van der Waals surface area contributed by atoms with Crippen LogP contribution in [-0.2, 0) is 26.2 Å². The Balaban J connectivity index is 2.44. The van der Waals surface area contributed by atoms with E-state index in [2.05, 4.69) is 5.32 Å². The molecule has 0 radical (unpaired) electrons. The van der Waals surface area contributed by atoms with Crippen molar-refractivity contribution >= 4 is 39.1 Å². The molecule has 2 rings (SSSR count). The van der Waals surface area contributed by atoms with Crippen molar-refractivity contribution in [2.75, 3.05) is 24.2 Å². The van der Waals surface area contributed by atoms with Crippen LogP contribution in [0.4, 0.5) is 5.69 Å². The van der Waals surface area contributed by atoms with Crippen LogP contribution in [0, 0.1) is 6.92 Å². The van der Waals surface area contributed by atoms with E-state index in [0.29, 0.717) is 11.4 Å². The SMILES string of the molecule is CC[C@H](C(=O)NC)N(Cc1ccccc1C)C(=O)CN(c1cccc(Cl)c1)S(C)(=O)=O. The molecule has 31 heavy (non-hydrogen) atoms. The number of hydrogen-bond donors (Lipinski definition) is 1. The smallest absolute Gasteiger partial charge is 0.244 e. The lowest BCUT2D eigenvalue weighted by Gasteiger charge is -2.33. The van der Waals surface area contributed by atoms with E-state index in [4.69, 9.17) is 11.6 Å². The van der Waals surface area contributed by atoms with Crippen LogP contribution in [0.3, 0.4) is 0 Å². The molecule has 2 amide bonds. The number of halogens is 1. The Morgan fingerprint density at radius 2 is 1.81 bits per heavy atom. The summed E-state index contributed by atoms with van der Waals surface area (Å²) in [5, 5.41) is 2.95. The van der Waals surface area contributed by atoms with Crippen molar-refractivity contribution in [3.05, 3.63) is 64.7 Å². The fourth-order valence-corrected chi connectivity index (χ4v) is 4.33. The molecule has 0 aliphatic carbocycles. The Labute approximate surface area is 189 Å². The molecular weight excluding hydrogens is 438 g/mol. The zero-order valence-electron chi connectivity index (χ0n) is 18.1. The highest BCUT2D eigenvalue weighted by Crippen LogP contribution is 2.23. The molecule has 0 unspecified atom stereocenters. The van der Waals surface area contributed by atoms with Crippen molar-refractivity contribution in [3.8, 4) is 0 Å². The zero-order valence-corrected chi connectivity index (χ0v) is 19.7. The Bertz CT molecular complexity index is 1040. The van der Waals surface area contributed by atoms with Crippen LogP contribution in [0.2, 0.25) is 5.02 Å². The number of benzene rings is 2. The lowest BCUT2D eigenvalue weighted by atomic mass is 10.1. The van der Waals surface area contributed by atoms with Gasteiger partial charge in [-0.1, -0.05) is 48.9 Å². The highest BCUT2D eigenvalue weighted by molar-refractivity contribution is 7.92. The topological polar surface area (TPSA) is 86.8 Å². The first kappa shape index (κ1) is 24.7. The highest BCUT2D eigenvalue weighted by Gasteiger charge is 2.31. The second-order valence-electron chi connectivity index (χ2n) is 7.24. The lowest BCUT2D eigenvalue weighted by molar-refractivity contribution is -0.140. The first-order valence-corrected chi connectivity index (χ1v) is 12.1. The first-order chi connectivity index (χ1) is 14.6. The van der Waals surface area contributed by atoms with Gasteiger partial charge in [-0.05, 0) is 42.7 Å². The maximum absolute atomic E-state index is 13.4. The number of anilines is 1. The number of nitrogens with one attached hydrogen (secondary N) is 1. The van der Waals surface area contributed by atoms with Crippen molar-refractivity contribution < 1.29 is 18.0 Å². The zero-order chi connectivity index (χ0) is 23.2. The molecule has 9 heteroatoms. The number of likely N-dealkylation sites (N-methyl/N-ethyl adjacent to an activating group) is 1. The summed E-state index contributed by atoms with van der Waals surface area (Å²) >= 11 is 6.03. The van der Waals surface area contributed by atoms with Crippen LogP contribution >= 0.6 is 11.6 Å². The maximum atomic E-state index is 13.4. The Morgan fingerprint density at radius 3 is 2.35 bits per heavy atom. The fourth-order valence-electron chi connectivity index (χ4n) is 3.30. The summed E-state index contributed by atoms with van der Waals surface area (Å²) in [4.78, 5) is 27.3. The van der Waals surface area contributed by atoms with Gasteiger partial charge in [0.15, 0.2) is 0 Å². The predicted molar refractivity (Wildman–Crippen MR) is 124 cm³/mol. The number of amides is 2. The van der Waals surface area contributed by atoms with Gasteiger partial charge in [0, 0.05) is 18.6 Å². The number of carbonyl (C=O) groups excluding carboxylic acids is 2. The van der Waals surface area contributed by atoms with Crippen LogP contribution < -0.4 is 9.62 Å². The highest BCUT2D eigenvalue weighted by atomic mass is 35.5. The Hall–Kier alpha value is -2.58. The molecule has 0 heterocycles. The average molecular weight is 466 g/mol. The third kappa shape index (κ3) is 6.45. The predicted octanol–water partition coefficient (Wildman–Crippen LogP) is 2.97. The average Bonchev–Trinajstić information content (AvgIpc) is 2.71. The normalized spacial score (nSPS) is 12.2. The van der Waals surface area contributed by atoms with Gasteiger partial charge in [0.1, 0.15) is 12.6 Å². The van der Waals surface area contributed by atoms with Crippen LogP contribution in [0.5, 0.6) is 0 Å². The molecule has 2 aromatic carbocycles. The second-order valence-corrected chi connectivity index (χ2v) is 9.58. The minimum Gasteiger partial charge on any atom is -0.357 e. The van der Waals surface area contributed by atoms with Gasteiger partial charge < -0.3 is 10.2 Å². The van der Waals surface area contributed by atoms with Crippen LogP contribution in [0.1, 0.15) is 24.5 Å². The summed E-state index contributed by atoms with van der Waals surface area (Å²) in [6.07, 6.45) is 1.41. The van der Waals surface area contributed by atoms with Crippen molar-refractivity contribution in [3.63, 3.8) is 0 Å². The number of sulfonamides is 1. The van der Waals surface area contributed by atoms with Gasteiger partial charge in [-0.3, -0.25) is 13.9 Å². The van der Waals surface area contributed by atoms with Crippen molar-refractivity contribution in [1.82, 2.24) is 10.2 Å². The molecule has 1 atom stereocenters. The van der Waals surface area contributed by atoms with E-state index in [0.717, 1.165) is 21.7 Å². The van der Waals surface area contributed by atoms with E-state index in [-0.39, 0.29) is 18.1 Å². The van der Waals surface area contributed by atoms with E-state index >= 15 is 0 Å². The summed E-state index contributed by atoms with van der Waals surface area (Å²) in [6.45, 7) is 3.47.